The van der Waals surface area contributed by atoms with Gasteiger partial charge in [-0.2, -0.15) is 5.10 Å². The number of carbonyl (C=O) groups is 4. The molecule has 0 fully saturated rings. The second-order valence-electron chi connectivity index (χ2n) is 10.6. The lowest BCUT2D eigenvalue weighted by Gasteiger charge is -2.11. The summed E-state index contributed by atoms with van der Waals surface area (Å²) >= 11 is 1.17. The summed E-state index contributed by atoms with van der Waals surface area (Å²) in [5, 5.41) is 11.9. The first-order chi connectivity index (χ1) is 23.6. The maximum atomic E-state index is 13.3. The topological polar surface area (TPSA) is 233 Å². The first-order valence-corrected chi connectivity index (χ1v) is 15.7. The predicted octanol–water partition coefficient (Wildman–Crippen LogP) is 2.73. The van der Waals surface area contributed by atoms with Crippen LogP contribution in [0.2, 0.25) is 0 Å². The zero-order valence-corrected chi connectivity index (χ0v) is 27.3. The largest absolute Gasteiger partial charge is 0.494 e. The van der Waals surface area contributed by atoms with E-state index in [4.69, 9.17) is 16.2 Å². The average Bonchev–Trinajstić information content (AvgIpc) is 3.88. The van der Waals surface area contributed by atoms with Gasteiger partial charge in [0.05, 0.1) is 23.9 Å². The van der Waals surface area contributed by atoms with Gasteiger partial charge in [0.1, 0.15) is 22.5 Å². The van der Waals surface area contributed by atoms with Crippen molar-refractivity contribution in [2.24, 2.45) is 11.5 Å². The third-order valence-electron chi connectivity index (χ3n) is 7.43. The van der Waals surface area contributed by atoms with Gasteiger partial charge in [0.2, 0.25) is 23.7 Å². The minimum Gasteiger partial charge on any atom is -0.494 e. The number of nitrogens with two attached hydrogens (primary N) is 2. The quantitative estimate of drug-likeness (QED) is 0.138. The van der Waals surface area contributed by atoms with Crippen LogP contribution in [0.1, 0.15) is 53.6 Å². The van der Waals surface area contributed by atoms with Crippen molar-refractivity contribution < 1.29 is 23.9 Å². The van der Waals surface area contributed by atoms with Crippen LogP contribution in [-0.2, 0) is 19.6 Å². The van der Waals surface area contributed by atoms with Crippen LogP contribution in [0.25, 0.3) is 22.2 Å². The molecule has 6 rings (SSSR count). The van der Waals surface area contributed by atoms with Gasteiger partial charge in [-0.25, -0.2) is 19.9 Å². The fraction of sp³-hybridized carbons (Fsp3) is 0.194. The molecule has 250 valence electrons. The minimum atomic E-state index is -0.666. The average molecular weight is 683 g/mol. The van der Waals surface area contributed by atoms with Crippen molar-refractivity contribution >= 4 is 69.1 Å². The highest BCUT2D eigenvalue weighted by Crippen LogP contribution is 2.31. The van der Waals surface area contributed by atoms with E-state index < -0.39 is 23.6 Å². The van der Waals surface area contributed by atoms with Crippen LogP contribution in [0.15, 0.2) is 54.2 Å². The number of imidazole rings is 2. The highest BCUT2D eigenvalue weighted by Gasteiger charge is 2.21. The van der Waals surface area contributed by atoms with Gasteiger partial charge in [0.25, 0.3) is 11.8 Å². The highest BCUT2D eigenvalue weighted by atomic mass is 32.1. The molecule has 0 saturated carbocycles. The first kappa shape index (κ1) is 32.5. The van der Waals surface area contributed by atoms with Gasteiger partial charge in [-0.3, -0.25) is 39.1 Å². The number of aromatic nitrogens is 8. The van der Waals surface area contributed by atoms with Gasteiger partial charge in [0.15, 0.2) is 10.7 Å². The number of carbonyl (C=O) groups excluding carboxylic acids is 4. The van der Waals surface area contributed by atoms with Crippen LogP contribution in [-0.4, -0.2) is 69.6 Å². The summed E-state index contributed by atoms with van der Waals surface area (Å²) < 4.78 is 10.5. The summed E-state index contributed by atoms with van der Waals surface area (Å²) in [7, 11) is 1.45. The predicted molar refractivity (Wildman–Crippen MR) is 181 cm³/mol. The van der Waals surface area contributed by atoms with Crippen LogP contribution in [0.3, 0.4) is 0 Å². The van der Waals surface area contributed by atoms with E-state index in [1.54, 1.807) is 32.2 Å². The normalized spacial score (nSPS) is 11.4. The Balaban J connectivity index is 1.35. The molecule has 6 N–H and O–H groups in total. The summed E-state index contributed by atoms with van der Waals surface area (Å²) in [5.74, 6) is -1.52. The number of ether oxygens (including phenoxy) is 1. The number of methoxy groups -OCH3 is 1. The van der Waals surface area contributed by atoms with Crippen LogP contribution in [0.4, 0.5) is 11.9 Å². The maximum absolute atomic E-state index is 13.3. The van der Waals surface area contributed by atoms with Crippen molar-refractivity contribution in [2.45, 2.75) is 33.5 Å². The molecule has 17 nitrogen and oxygen atoms in total. The Labute approximate surface area is 281 Å². The van der Waals surface area contributed by atoms with Crippen molar-refractivity contribution in [3.8, 4) is 5.75 Å². The van der Waals surface area contributed by atoms with Gasteiger partial charge in [-0.15, -0.1) is 11.3 Å². The molecule has 18 heteroatoms. The Hall–Kier alpha value is -6.43. The number of hydrogen-bond acceptors (Lipinski definition) is 11. The molecule has 6 aromatic rings. The lowest BCUT2D eigenvalue weighted by atomic mass is 10.1. The Bertz CT molecular complexity index is 2280. The molecule has 0 saturated heterocycles. The SMILES string of the molecule is CCn1nc(C)cc1C(=O)Nc1nc2cc(C(N)=O)cnc2n1C/C=C/Cn1c(NC(=O)c2nccs2)nc2cc(C(N)=O)cc(OC)c21. The molecule has 1 aromatic carbocycles. The molecule has 0 atom stereocenters. The van der Waals surface area contributed by atoms with Gasteiger partial charge in [-0.05, 0) is 38.1 Å². The van der Waals surface area contributed by atoms with Crippen molar-refractivity contribution in [2.75, 3.05) is 17.7 Å². The molecule has 0 bridgehead atoms. The number of aryl methyl sites for hydroxylation is 2. The summed E-state index contributed by atoms with van der Waals surface area (Å²) in [5.41, 5.74) is 14.0. The maximum Gasteiger partial charge on any atom is 0.286 e. The van der Waals surface area contributed by atoms with E-state index in [1.807, 2.05) is 19.1 Å². The number of pyridine rings is 1. The number of thiazole rings is 1. The van der Waals surface area contributed by atoms with E-state index in [-0.39, 0.29) is 41.1 Å². The van der Waals surface area contributed by atoms with Gasteiger partial charge in [0, 0.05) is 43.0 Å². The van der Waals surface area contributed by atoms with E-state index in [1.165, 1.54) is 49.0 Å². The second-order valence-corrected chi connectivity index (χ2v) is 11.5. The van der Waals surface area contributed by atoms with E-state index >= 15 is 0 Å². The van der Waals surface area contributed by atoms with Gasteiger partial charge in [-0.1, -0.05) is 12.2 Å². The third kappa shape index (κ3) is 6.44. The van der Waals surface area contributed by atoms with Crippen molar-refractivity contribution in [3.05, 3.63) is 81.7 Å². The molecule has 5 heterocycles. The zero-order chi connectivity index (χ0) is 34.8. The van der Waals surface area contributed by atoms with E-state index in [0.717, 1.165) is 0 Å². The van der Waals surface area contributed by atoms with Crippen molar-refractivity contribution in [1.29, 1.82) is 0 Å². The summed E-state index contributed by atoms with van der Waals surface area (Å²) in [6.07, 6.45) is 6.48. The molecule has 0 spiro atoms. The molecular weight excluding hydrogens is 652 g/mol. The fourth-order valence-corrected chi connectivity index (χ4v) is 5.73. The molecular formula is C31H30N12O5S. The number of fused-ring (bicyclic) bond motifs is 2. The van der Waals surface area contributed by atoms with Crippen molar-refractivity contribution in [1.82, 2.24) is 38.9 Å². The van der Waals surface area contributed by atoms with Crippen LogP contribution in [0, 0.1) is 6.92 Å². The molecule has 5 aromatic heterocycles. The third-order valence-corrected chi connectivity index (χ3v) is 8.21. The lowest BCUT2D eigenvalue weighted by Crippen LogP contribution is -2.20. The number of allylic oxidation sites excluding steroid dienone is 2. The van der Waals surface area contributed by atoms with Gasteiger partial charge >= 0.3 is 0 Å². The second kappa shape index (κ2) is 13.4. The van der Waals surface area contributed by atoms with Crippen LogP contribution >= 0.6 is 11.3 Å². The number of benzene rings is 1. The molecule has 0 aliphatic heterocycles. The number of amides is 4. The number of nitrogens with one attached hydrogen (secondary N) is 2. The standard InChI is InChI=1S/C31H30N12O5S/c1-4-43-21(11-16(2)40-43)27(46)38-31-37-20-13-18(25(33)45)15-35-26(20)42(31)9-6-5-8-41-23-19(12-17(24(32)44)14-22(23)48-3)36-30(41)39-28(47)29-34-7-10-49-29/h5-7,10-15H,4,8-9H2,1-3H3,(H2,32,44)(H2,33,45)(H,36,39,47)(H,37,38,46)/b6-5+. The molecule has 0 aliphatic carbocycles. The number of primary amides is 2. The Kier molecular flexibility index (Phi) is 8.86. The van der Waals surface area contributed by atoms with Crippen LogP contribution < -0.4 is 26.8 Å². The highest BCUT2D eigenvalue weighted by molar-refractivity contribution is 7.11. The number of nitrogens with zero attached hydrogens (tertiary/aromatic N) is 8. The molecule has 0 radical (unpaired) electrons. The van der Waals surface area contributed by atoms with Gasteiger partial charge < -0.3 is 20.8 Å². The number of anilines is 2. The first-order valence-electron chi connectivity index (χ1n) is 14.8. The number of rotatable bonds is 12. The zero-order valence-electron chi connectivity index (χ0n) is 26.5. The van der Waals surface area contributed by atoms with Crippen molar-refractivity contribution in [3.63, 3.8) is 0 Å². The van der Waals surface area contributed by atoms with E-state index in [9.17, 15) is 19.2 Å². The summed E-state index contributed by atoms with van der Waals surface area (Å²) in [6, 6.07) is 6.20. The Morgan fingerprint density at radius 1 is 0.898 bits per heavy atom. The number of hydrogen-bond donors (Lipinski definition) is 4. The lowest BCUT2D eigenvalue weighted by molar-refractivity contribution is 0.0991. The monoisotopic (exact) mass is 682 g/mol. The smallest absolute Gasteiger partial charge is 0.286 e. The fourth-order valence-electron chi connectivity index (χ4n) is 5.20. The molecule has 49 heavy (non-hydrogen) atoms. The minimum absolute atomic E-state index is 0.165. The molecule has 4 amide bonds. The Morgan fingerprint density at radius 3 is 2.24 bits per heavy atom. The molecule has 0 unspecified atom stereocenters. The summed E-state index contributed by atoms with van der Waals surface area (Å²) in [6.45, 7) is 4.55. The van der Waals surface area contributed by atoms with E-state index in [2.05, 4.69) is 35.7 Å². The van der Waals surface area contributed by atoms with Crippen LogP contribution in [0.5, 0.6) is 5.75 Å². The van der Waals surface area contributed by atoms with E-state index in [0.29, 0.717) is 45.9 Å². The summed E-state index contributed by atoms with van der Waals surface area (Å²) in [4.78, 5) is 67.7. The Morgan fingerprint density at radius 2 is 1.57 bits per heavy atom. The molecule has 0 aliphatic rings.